The number of aryl methyl sites for hydroxylation is 1. The summed E-state index contributed by atoms with van der Waals surface area (Å²) in [5.74, 6) is 0. The molecule has 0 saturated carbocycles. The largest absolute Gasteiger partial charge is 0.256 e. The van der Waals surface area contributed by atoms with Crippen LogP contribution in [0, 0.1) is 6.92 Å². The van der Waals surface area contributed by atoms with Crippen LogP contribution in [0.1, 0.15) is 16.7 Å². The van der Waals surface area contributed by atoms with E-state index in [9.17, 15) is 0 Å². The van der Waals surface area contributed by atoms with E-state index in [4.69, 9.17) is 0 Å². The molecule has 0 fully saturated rings. The van der Waals surface area contributed by atoms with E-state index in [0.717, 1.165) is 12.1 Å². The molecule has 0 aliphatic rings. The first-order chi connectivity index (χ1) is 9.84. The normalized spacial score (nSPS) is 10.4. The zero-order chi connectivity index (χ0) is 13.8. The van der Waals surface area contributed by atoms with Crippen LogP contribution in [0.2, 0.25) is 0 Å². The van der Waals surface area contributed by atoms with Crippen molar-refractivity contribution in [2.24, 2.45) is 0 Å². The molecule has 0 amide bonds. The van der Waals surface area contributed by atoms with E-state index < -0.39 is 0 Å². The third kappa shape index (κ3) is 2.62. The van der Waals surface area contributed by atoms with Crippen LogP contribution in [0.5, 0.6) is 0 Å². The van der Waals surface area contributed by atoms with E-state index in [1.807, 2.05) is 18.3 Å². The third-order valence-electron chi connectivity index (χ3n) is 3.60. The molecule has 1 heteroatoms. The first kappa shape index (κ1) is 12.6. The summed E-state index contributed by atoms with van der Waals surface area (Å²) in [6, 6.07) is 23.1. The minimum Gasteiger partial charge on any atom is -0.256 e. The smallest absolute Gasteiger partial charge is 0.0704 e. The fourth-order valence-corrected chi connectivity index (χ4v) is 2.46. The van der Waals surface area contributed by atoms with Gasteiger partial charge in [0.05, 0.1) is 5.69 Å². The highest BCUT2D eigenvalue weighted by Gasteiger charge is 2.07. The lowest BCUT2D eigenvalue weighted by Crippen LogP contribution is -1.95. The molecule has 98 valence electrons. The minimum atomic E-state index is 0.944. The molecule has 3 rings (SSSR count). The molecule has 0 aliphatic carbocycles. The Bertz CT molecular complexity index is 702. The van der Waals surface area contributed by atoms with Crippen molar-refractivity contribution in [1.29, 1.82) is 0 Å². The van der Waals surface area contributed by atoms with Crippen molar-refractivity contribution in [3.63, 3.8) is 0 Å². The number of hydrogen-bond donors (Lipinski definition) is 0. The van der Waals surface area contributed by atoms with Crippen molar-refractivity contribution in [2.75, 3.05) is 0 Å². The quantitative estimate of drug-likeness (QED) is 0.667. The monoisotopic (exact) mass is 259 g/mol. The van der Waals surface area contributed by atoms with Gasteiger partial charge in [0.25, 0.3) is 0 Å². The Kier molecular flexibility index (Phi) is 3.60. The maximum absolute atomic E-state index is 4.47. The average Bonchev–Trinajstić information content (AvgIpc) is 2.51. The second-order valence-electron chi connectivity index (χ2n) is 4.98. The van der Waals surface area contributed by atoms with Crippen molar-refractivity contribution < 1.29 is 0 Å². The maximum atomic E-state index is 4.47. The first-order valence-corrected chi connectivity index (χ1v) is 6.88. The Morgan fingerprint density at radius 1 is 0.750 bits per heavy atom. The predicted octanol–water partition coefficient (Wildman–Crippen LogP) is 4.65. The molecule has 0 unspecified atom stereocenters. The van der Waals surface area contributed by atoms with Gasteiger partial charge in [-0.2, -0.15) is 0 Å². The van der Waals surface area contributed by atoms with Crippen LogP contribution >= 0.6 is 0 Å². The van der Waals surface area contributed by atoms with Gasteiger partial charge in [-0.05, 0) is 42.2 Å². The van der Waals surface area contributed by atoms with Crippen molar-refractivity contribution >= 4 is 0 Å². The lowest BCUT2D eigenvalue weighted by atomic mass is 9.95. The van der Waals surface area contributed by atoms with Crippen LogP contribution in [0.25, 0.3) is 11.3 Å². The third-order valence-corrected chi connectivity index (χ3v) is 3.60. The molecular weight excluding hydrogens is 242 g/mol. The van der Waals surface area contributed by atoms with Crippen molar-refractivity contribution in [3.05, 3.63) is 89.6 Å². The van der Waals surface area contributed by atoms with Gasteiger partial charge >= 0.3 is 0 Å². The van der Waals surface area contributed by atoms with E-state index in [2.05, 4.69) is 66.5 Å². The number of aromatic nitrogens is 1. The molecule has 0 spiro atoms. The second kappa shape index (κ2) is 5.70. The Morgan fingerprint density at radius 3 is 2.20 bits per heavy atom. The van der Waals surface area contributed by atoms with Crippen molar-refractivity contribution in [1.82, 2.24) is 4.98 Å². The Hall–Kier alpha value is -2.41. The summed E-state index contributed by atoms with van der Waals surface area (Å²) < 4.78 is 0. The van der Waals surface area contributed by atoms with Gasteiger partial charge in [-0.15, -0.1) is 0 Å². The number of pyridine rings is 1. The molecule has 20 heavy (non-hydrogen) atoms. The van der Waals surface area contributed by atoms with Crippen LogP contribution in [-0.2, 0) is 6.42 Å². The highest BCUT2D eigenvalue weighted by atomic mass is 14.7. The van der Waals surface area contributed by atoms with Crippen molar-refractivity contribution in [2.45, 2.75) is 13.3 Å². The summed E-state index contributed by atoms with van der Waals surface area (Å²) in [7, 11) is 0. The molecule has 2 aromatic carbocycles. The summed E-state index contributed by atoms with van der Waals surface area (Å²) in [6.45, 7) is 2.17. The molecule has 0 radical (unpaired) electrons. The number of rotatable bonds is 3. The molecule has 3 aromatic rings. The second-order valence-corrected chi connectivity index (χ2v) is 4.98. The molecular formula is C19H17N. The van der Waals surface area contributed by atoms with E-state index in [1.54, 1.807) is 0 Å². The first-order valence-electron chi connectivity index (χ1n) is 6.88. The fraction of sp³-hybridized carbons (Fsp3) is 0.105. The van der Waals surface area contributed by atoms with Gasteiger partial charge in [0, 0.05) is 11.8 Å². The summed E-state index contributed by atoms with van der Waals surface area (Å²) in [5.41, 5.74) is 6.28. The predicted molar refractivity (Wildman–Crippen MR) is 83.7 cm³/mol. The van der Waals surface area contributed by atoms with Gasteiger partial charge in [0.2, 0.25) is 0 Å². The van der Waals surface area contributed by atoms with E-state index in [-0.39, 0.29) is 0 Å². The van der Waals surface area contributed by atoms with Gasteiger partial charge in [-0.25, -0.2) is 0 Å². The lowest BCUT2D eigenvalue weighted by Gasteiger charge is -2.10. The Morgan fingerprint density at radius 2 is 1.45 bits per heavy atom. The molecule has 0 atom stereocenters. The van der Waals surface area contributed by atoms with Crippen LogP contribution in [0.15, 0.2) is 72.9 Å². The van der Waals surface area contributed by atoms with Gasteiger partial charge in [0.1, 0.15) is 0 Å². The highest BCUT2D eigenvalue weighted by molar-refractivity contribution is 5.64. The number of nitrogens with zero attached hydrogens (tertiary/aromatic N) is 1. The van der Waals surface area contributed by atoms with Gasteiger partial charge in [0.15, 0.2) is 0 Å². The van der Waals surface area contributed by atoms with Crippen molar-refractivity contribution in [3.8, 4) is 11.3 Å². The summed E-state index contributed by atoms with van der Waals surface area (Å²) in [4.78, 5) is 4.47. The van der Waals surface area contributed by atoms with E-state index in [0.29, 0.717) is 0 Å². The number of benzene rings is 2. The van der Waals surface area contributed by atoms with Crippen LogP contribution < -0.4 is 0 Å². The van der Waals surface area contributed by atoms with Gasteiger partial charge in [-0.1, -0.05) is 54.6 Å². The fourth-order valence-electron chi connectivity index (χ4n) is 2.46. The summed E-state index contributed by atoms with van der Waals surface area (Å²) in [5, 5.41) is 0. The van der Waals surface area contributed by atoms with E-state index in [1.165, 1.54) is 22.3 Å². The molecule has 1 heterocycles. The molecule has 0 bridgehead atoms. The van der Waals surface area contributed by atoms with Gasteiger partial charge < -0.3 is 0 Å². The average molecular weight is 259 g/mol. The molecule has 1 nitrogen and oxygen atoms in total. The van der Waals surface area contributed by atoms with Gasteiger partial charge in [-0.3, -0.25) is 4.98 Å². The summed E-state index contributed by atoms with van der Waals surface area (Å²) >= 11 is 0. The molecule has 0 saturated heterocycles. The van der Waals surface area contributed by atoms with Crippen LogP contribution in [0.3, 0.4) is 0 Å². The Balaban J connectivity index is 2.01. The standard InChI is InChI=1S/C19H17N/c1-15-8-2-3-9-16(15)14-17-10-4-5-11-18(17)19-12-6-7-13-20-19/h2-13H,14H2,1H3. The van der Waals surface area contributed by atoms with E-state index >= 15 is 0 Å². The maximum Gasteiger partial charge on any atom is 0.0704 e. The number of hydrogen-bond acceptors (Lipinski definition) is 1. The SMILES string of the molecule is Cc1ccccc1Cc1ccccc1-c1ccccn1. The molecule has 1 aromatic heterocycles. The lowest BCUT2D eigenvalue weighted by molar-refractivity contribution is 1.15. The Labute approximate surface area is 119 Å². The topological polar surface area (TPSA) is 12.9 Å². The zero-order valence-electron chi connectivity index (χ0n) is 11.6. The van der Waals surface area contributed by atoms with Crippen LogP contribution in [0.4, 0.5) is 0 Å². The molecule has 0 aliphatic heterocycles. The summed E-state index contributed by atoms with van der Waals surface area (Å²) in [6.07, 6.45) is 2.79. The van der Waals surface area contributed by atoms with Crippen LogP contribution in [-0.4, -0.2) is 4.98 Å². The minimum absolute atomic E-state index is 0.944. The zero-order valence-corrected chi connectivity index (χ0v) is 11.6. The molecule has 0 N–H and O–H groups in total. The highest BCUT2D eigenvalue weighted by Crippen LogP contribution is 2.24.